The standard InChI is InChI=1S/C15H28N2O/c1-2-4-14-12-17(8-5-13(14)3-1)9-6-15-11-16-7-10-18-15/h13-16H,1-12H2. The smallest absolute Gasteiger partial charge is 0.0712 e. The van der Waals surface area contributed by atoms with Gasteiger partial charge in [-0.25, -0.2) is 0 Å². The van der Waals surface area contributed by atoms with Gasteiger partial charge in [-0.15, -0.1) is 0 Å². The third kappa shape index (κ3) is 3.25. The first-order chi connectivity index (χ1) is 8.92. The Kier molecular flexibility index (Phi) is 4.55. The Balaban J connectivity index is 1.40. The molecule has 3 aliphatic rings. The van der Waals surface area contributed by atoms with E-state index < -0.39 is 0 Å². The highest BCUT2D eigenvalue weighted by atomic mass is 16.5. The van der Waals surface area contributed by atoms with Crippen LogP contribution < -0.4 is 5.32 Å². The summed E-state index contributed by atoms with van der Waals surface area (Å²) in [5, 5.41) is 3.42. The van der Waals surface area contributed by atoms with Crippen LogP contribution in [0.5, 0.6) is 0 Å². The summed E-state index contributed by atoms with van der Waals surface area (Å²) in [5.41, 5.74) is 0. The minimum absolute atomic E-state index is 0.461. The summed E-state index contributed by atoms with van der Waals surface area (Å²) in [6.45, 7) is 6.93. The normalized spacial score (nSPS) is 38.3. The fraction of sp³-hybridized carbons (Fsp3) is 1.00. The number of hydrogen-bond donors (Lipinski definition) is 1. The number of piperidine rings is 1. The second-order valence-electron chi connectivity index (χ2n) is 6.38. The van der Waals surface area contributed by atoms with Crippen molar-refractivity contribution in [3.8, 4) is 0 Å². The van der Waals surface area contributed by atoms with Gasteiger partial charge in [0.2, 0.25) is 0 Å². The van der Waals surface area contributed by atoms with Crippen LogP contribution in [0.2, 0.25) is 0 Å². The molecular formula is C15H28N2O. The van der Waals surface area contributed by atoms with Crippen molar-refractivity contribution >= 4 is 0 Å². The summed E-state index contributed by atoms with van der Waals surface area (Å²) in [5.74, 6) is 2.07. The molecule has 104 valence electrons. The number of ether oxygens (including phenoxy) is 1. The van der Waals surface area contributed by atoms with E-state index in [0.717, 1.165) is 31.5 Å². The number of morpholine rings is 1. The molecule has 1 saturated carbocycles. The van der Waals surface area contributed by atoms with E-state index in [-0.39, 0.29) is 0 Å². The van der Waals surface area contributed by atoms with Crippen LogP contribution >= 0.6 is 0 Å². The van der Waals surface area contributed by atoms with Crippen molar-refractivity contribution in [2.75, 3.05) is 39.3 Å². The lowest BCUT2D eigenvalue weighted by Gasteiger charge is -2.41. The van der Waals surface area contributed by atoms with Gasteiger partial charge in [-0.1, -0.05) is 19.3 Å². The molecule has 3 atom stereocenters. The molecule has 3 heteroatoms. The molecule has 2 aliphatic heterocycles. The molecule has 3 rings (SSSR count). The molecule has 3 fully saturated rings. The van der Waals surface area contributed by atoms with Crippen LogP contribution in [0.25, 0.3) is 0 Å². The zero-order valence-electron chi connectivity index (χ0n) is 11.6. The van der Waals surface area contributed by atoms with Crippen molar-refractivity contribution in [2.45, 2.75) is 44.6 Å². The fourth-order valence-electron chi connectivity index (χ4n) is 4.01. The van der Waals surface area contributed by atoms with E-state index in [9.17, 15) is 0 Å². The minimum atomic E-state index is 0.461. The van der Waals surface area contributed by atoms with Crippen molar-refractivity contribution < 1.29 is 4.74 Å². The second kappa shape index (κ2) is 6.36. The molecule has 1 N–H and O–H groups in total. The Bertz CT molecular complexity index is 253. The maximum absolute atomic E-state index is 5.79. The van der Waals surface area contributed by atoms with Crippen LogP contribution in [0.3, 0.4) is 0 Å². The molecule has 2 saturated heterocycles. The van der Waals surface area contributed by atoms with Gasteiger partial charge in [0.25, 0.3) is 0 Å². The number of hydrogen-bond acceptors (Lipinski definition) is 3. The quantitative estimate of drug-likeness (QED) is 0.830. The highest BCUT2D eigenvalue weighted by Crippen LogP contribution is 2.36. The Morgan fingerprint density at radius 3 is 2.83 bits per heavy atom. The molecule has 3 nitrogen and oxygen atoms in total. The molecule has 2 heterocycles. The van der Waals surface area contributed by atoms with Gasteiger partial charge < -0.3 is 15.0 Å². The Morgan fingerprint density at radius 1 is 1.11 bits per heavy atom. The molecule has 3 unspecified atom stereocenters. The van der Waals surface area contributed by atoms with Crippen LogP contribution in [0.4, 0.5) is 0 Å². The molecule has 0 amide bonds. The molecule has 0 bridgehead atoms. The van der Waals surface area contributed by atoms with Gasteiger partial charge in [-0.05, 0) is 37.6 Å². The second-order valence-corrected chi connectivity index (χ2v) is 6.38. The van der Waals surface area contributed by atoms with E-state index in [1.54, 1.807) is 0 Å². The van der Waals surface area contributed by atoms with Crippen LogP contribution in [0, 0.1) is 11.8 Å². The maximum Gasteiger partial charge on any atom is 0.0712 e. The maximum atomic E-state index is 5.79. The molecular weight excluding hydrogens is 224 g/mol. The molecule has 0 radical (unpaired) electrons. The SMILES string of the molecule is C1CCC2CN(CCC3CNCCO3)CCC2C1. The first-order valence-electron chi connectivity index (χ1n) is 7.96. The van der Waals surface area contributed by atoms with Crippen molar-refractivity contribution in [2.24, 2.45) is 11.8 Å². The zero-order chi connectivity index (χ0) is 12.2. The monoisotopic (exact) mass is 252 g/mol. The van der Waals surface area contributed by atoms with Gasteiger partial charge in [-0.3, -0.25) is 0 Å². The predicted octanol–water partition coefficient (Wildman–Crippen LogP) is 1.88. The van der Waals surface area contributed by atoms with Crippen molar-refractivity contribution in [1.82, 2.24) is 10.2 Å². The summed E-state index contributed by atoms with van der Waals surface area (Å²) in [6.07, 6.45) is 9.09. The van der Waals surface area contributed by atoms with Crippen molar-refractivity contribution in [3.63, 3.8) is 0 Å². The van der Waals surface area contributed by atoms with E-state index in [0.29, 0.717) is 6.10 Å². The minimum Gasteiger partial charge on any atom is -0.376 e. The van der Waals surface area contributed by atoms with E-state index in [1.165, 1.54) is 58.2 Å². The van der Waals surface area contributed by atoms with Gasteiger partial charge >= 0.3 is 0 Å². The van der Waals surface area contributed by atoms with E-state index in [4.69, 9.17) is 4.74 Å². The average molecular weight is 252 g/mol. The largest absolute Gasteiger partial charge is 0.376 e. The van der Waals surface area contributed by atoms with Gasteiger partial charge in [0, 0.05) is 26.2 Å². The highest BCUT2D eigenvalue weighted by Gasteiger charge is 2.31. The van der Waals surface area contributed by atoms with E-state index >= 15 is 0 Å². The Morgan fingerprint density at radius 2 is 2.00 bits per heavy atom. The molecule has 1 aliphatic carbocycles. The third-order valence-electron chi connectivity index (χ3n) is 5.15. The number of rotatable bonds is 3. The molecule has 0 spiro atoms. The van der Waals surface area contributed by atoms with Crippen molar-refractivity contribution in [3.05, 3.63) is 0 Å². The molecule has 18 heavy (non-hydrogen) atoms. The van der Waals surface area contributed by atoms with Crippen LogP contribution in [0.15, 0.2) is 0 Å². The van der Waals surface area contributed by atoms with Crippen LogP contribution in [-0.2, 0) is 4.74 Å². The first-order valence-corrected chi connectivity index (χ1v) is 7.96. The molecule has 0 aromatic heterocycles. The fourth-order valence-corrected chi connectivity index (χ4v) is 4.01. The van der Waals surface area contributed by atoms with Gasteiger partial charge in [0.1, 0.15) is 0 Å². The summed E-state index contributed by atoms with van der Waals surface area (Å²) < 4.78 is 5.79. The number of nitrogens with one attached hydrogen (secondary N) is 1. The lowest BCUT2D eigenvalue weighted by molar-refractivity contribution is 0.00971. The zero-order valence-corrected chi connectivity index (χ0v) is 11.6. The average Bonchev–Trinajstić information content (AvgIpc) is 2.46. The van der Waals surface area contributed by atoms with Crippen molar-refractivity contribution in [1.29, 1.82) is 0 Å². The third-order valence-corrected chi connectivity index (χ3v) is 5.15. The molecule has 0 aromatic rings. The van der Waals surface area contributed by atoms with Gasteiger partial charge in [0.05, 0.1) is 12.7 Å². The van der Waals surface area contributed by atoms with Crippen LogP contribution in [-0.4, -0.2) is 50.3 Å². The van der Waals surface area contributed by atoms with Crippen LogP contribution in [0.1, 0.15) is 38.5 Å². The lowest BCUT2D eigenvalue weighted by Crippen LogP contribution is -2.44. The van der Waals surface area contributed by atoms with E-state index in [2.05, 4.69) is 10.2 Å². The summed E-state index contributed by atoms with van der Waals surface area (Å²) in [4.78, 5) is 2.70. The topological polar surface area (TPSA) is 24.5 Å². The predicted molar refractivity (Wildman–Crippen MR) is 73.7 cm³/mol. The number of fused-ring (bicyclic) bond motifs is 1. The summed E-state index contributed by atoms with van der Waals surface area (Å²) in [7, 11) is 0. The highest BCUT2D eigenvalue weighted by molar-refractivity contribution is 4.84. The Hall–Kier alpha value is -0.120. The molecule has 0 aromatic carbocycles. The first kappa shape index (κ1) is 12.9. The number of likely N-dealkylation sites (tertiary alicyclic amines) is 1. The summed E-state index contributed by atoms with van der Waals surface area (Å²) >= 11 is 0. The van der Waals surface area contributed by atoms with Gasteiger partial charge in [0.15, 0.2) is 0 Å². The summed E-state index contributed by atoms with van der Waals surface area (Å²) in [6, 6.07) is 0. The lowest BCUT2D eigenvalue weighted by atomic mass is 9.75. The van der Waals surface area contributed by atoms with E-state index in [1.807, 2.05) is 0 Å². The Labute approximate surface area is 111 Å². The number of nitrogens with zero attached hydrogens (tertiary/aromatic N) is 1. The van der Waals surface area contributed by atoms with Gasteiger partial charge in [-0.2, -0.15) is 0 Å².